The highest BCUT2D eigenvalue weighted by atomic mass is 16.7. The van der Waals surface area contributed by atoms with E-state index < -0.39 is 0 Å². The second kappa shape index (κ2) is 8.85. The van der Waals surface area contributed by atoms with E-state index in [4.69, 9.17) is 9.57 Å². The number of methoxy groups -OCH3 is 1. The third kappa shape index (κ3) is 4.90. The minimum atomic E-state index is -0.308. The fraction of sp³-hybridized carbons (Fsp3) is 0.462. The van der Waals surface area contributed by atoms with Gasteiger partial charge in [0.15, 0.2) is 0 Å². The zero-order valence-corrected chi connectivity index (χ0v) is 19.5. The molecule has 0 aromatic heterocycles. The number of benzene rings is 2. The smallest absolute Gasteiger partial charge is 0.317 e. The van der Waals surface area contributed by atoms with E-state index in [9.17, 15) is 4.79 Å². The third-order valence-corrected chi connectivity index (χ3v) is 6.47. The van der Waals surface area contributed by atoms with Crippen molar-refractivity contribution in [1.29, 1.82) is 0 Å². The van der Waals surface area contributed by atoms with E-state index in [-0.39, 0.29) is 17.0 Å². The van der Waals surface area contributed by atoms with Crippen LogP contribution in [0.3, 0.4) is 0 Å². The molecule has 1 fully saturated rings. The summed E-state index contributed by atoms with van der Waals surface area (Å²) >= 11 is 0. The van der Waals surface area contributed by atoms with Gasteiger partial charge in [0.2, 0.25) is 0 Å². The normalized spacial score (nSPS) is 17.6. The fourth-order valence-electron chi connectivity index (χ4n) is 4.28. The number of urea groups is 1. The van der Waals surface area contributed by atoms with E-state index in [1.165, 1.54) is 5.56 Å². The van der Waals surface area contributed by atoms with Crippen molar-refractivity contribution < 1.29 is 14.4 Å². The number of ether oxygens (including phenoxy) is 1. The van der Waals surface area contributed by atoms with E-state index in [2.05, 4.69) is 55.5 Å². The Morgan fingerprint density at radius 1 is 1.16 bits per heavy atom. The molecule has 2 aliphatic heterocycles. The van der Waals surface area contributed by atoms with E-state index >= 15 is 0 Å². The van der Waals surface area contributed by atoms with Crippen molar-refractivity contribution in [3.63, 3.8) is 0 Å². The minimum absolute atomic E-state index is 0.0216. The van der Waals surface area contributed by atoms with E-state index in [0.717, 1.165) is 41.9 Å². The third-order valence-electron chi connectivity index (χ3n) is 6.47. The SMILES string of the molecule is COc1cccc(C2=NOC3(CCN(C(=O)NCc4ccc(C(C)(C)C)cc4)CC3)C2)c1. The van der Waals surface area contributed by atoms with Crippen LogP contribution in [0.4, 0.5) is 4.79 Å². The van der Waals surface area contributed by atoms with Crippen LogP contribution < -0.4 is 10.1 Å². The number of oxime groups is 1. The summed E-state index contributed by atoms with van der Waals surface area (Å²) in [5.74, 6) is 0.811. The van der Waals surface area contributed by atoms with Gasteiger partial charge in [0.1, 0.15) is 11.4 Å². The van der Waals surface area contributed by atoms with Crippen molar-refractivity contribution in [2.75, 3.05) is 20.2 Å². The van der Waals surface area contributed by atoms with E-state index in [1.54, 1.807) is 7.11 Å². The molecule has 0 aliphatic carbocycles. The van der Waals surface area contributed by atoms with Crippen molar-refractivity contribution in [1.82, 2.24) is 10.2 Å². The second-order valence-corrected chi connectivity index (χ2v) is 9.81. The molecular weight excluding hydrogens is 402 g/mol. The summed E-state index contributed by atoms with van der Waals surface area (Å²) in [4.78, 5) is 20.5. The number of likely N-dealkylation sites (tertiary alicyclic amines) is 1. The summed E-state index contributed by atoms with van der Waals surface area (Å²) in [6, 6.07) is 16.3. The number of hydrogen-bond donors (Lipinski definition) is 1. The number of nitrogens with one attached hydrogen (secondary N) is 1. The lowest BCUT2D eigenvalue weighted by atomic mass is 9.85. The number of piperidine rings is 1. The fourth-order valence-corrected chi connectivity index (χ4v) is 4.28. The van der Waals surface area contributed by atoms with Crippen LogP contribution in [0.1, 0.15) is 56.7 Å². The molecule has 1 N–H and O–H groups in total. The summed E-state index contributed by atoms with van der Waals surface area (Å²) in [6.07, 6.45) is 2.31. The first kappa shape index (κ1) is 22.2. The maximum absolute atomic E-state index is 12.7. The molecule has 6 nitrogen and oxygen atoms in total. The molecule has 2 aromatic rings. The number of nitrogens with zero attached hydrogens (tertiary/aromatic N) is 2. The predicted molar refractivity (Wildman–Crippen MR) is 126 cm³/mol. The zero-order valence-electron chi connectivity index (χ0n) is 19.5. The van der Waals surface area contributed by atoms with Gasteiger partial charge in [-0.2, -0.15) is 0 Å². The molecule has 170 valence electrons. The molecule has 1 spiro atoms. The minimum Gasteiger partial charge on any atom is -0.497 e. The first-order valence-electron chi connectivity index (χ1n) is 11.3. The Morgan fingerprint density at radius 2 is 1.88 bits per heavy atom. The summed E-state index contributed by atoms with van der Waals surface area (Å²) in [7, 11) is 1.66. The molecule has 0 atom stereocenters. The van der Waals surface area contributed by atoms with Crippen LogP contribution in [-0.4, -0.2) is 42.4 Å². The molecule has 0 bridgehead atoms. The summed E-state index contributed by atoms with van der Waals surface area (Å²) in [5.41, 5.74) is 4.19. The summed E-state index contributed by atoms with van der Waals surface area (Å²) < 4.78 is 5.32. The average Bonchev–Trinajstić information content (AvgIpc) is 3.21. The first-order chi connectivity index (χ1) is 15.3. The Morgan fingerprint density at radius 3 is 2.53 bits per heavy atom. The topological polar surface area (TPSA) is 63.2 Å². The van der Waals surface area contributed by atoms with Gasteiger partial charge in [0.25, 0.3) is 0 Å². The molecule has 0 radical (unpaired) electrons. The Hall–Kier alpha value is -3.02. The molecule has 2 heterocycles. The lowest BCUT2D eigenvalue weighted by molar-refractivity contribution is -0.0550. The highest BCUT2D eigenvalue weighted by Crippen LogP contribution is 2.36. The van der Waals surface area contributed by atoms with Gasteiger partial charge in [-0.05, 0) is 28.7 Å². The average molecular weight is 436 g/mol. The highest BCUT2D eigenvalue weighted by molar-refractivity contribution is 6.02. The second-order valence-electron chi connectivity index (χ2n) is 9.81. The molecule has 1 saturated heterocycles. The molecule has 0 unspecified atom stereocenters. The van der Waals surface area contributed by atoms with Crippen LogP contribution in [0, 0.1) is 0 Å². The number of amides is 2. The summed E-state index contributed by atoms with van der Waals surface area (Å²) in [6.45, 7) is 8.46. The van der Waals surface area contributed by atoms with Crippen LogP contribution >= 0.6 is 0 Å². The molecular formula is C26H33N3O3. The van der Waals surface area contributed by atoms with Gasteiger partial charge in [0.05, 0.1) is 12.8 Å². The largest absolute Gasteiger partial charge is 0.497 e. The number of hydrogen-bond acceptors (Lipinski definition) is 4. The molecule has 2 amide bonds. The number of carbonyl (C=O) groups excluding carboxylic acids is 1. The molecule has 6 heteroatoms. The Kier molecular flexibility index (Phi) is 6.13. The quantitative estimate of drug-likeness (QED) is 0.746. The van der Waals surface area contributed by atoms with Crippen molar-refractivity contribution in [2.24, 2.45) is 5.16 Å². The lowest BCUT2D eigenvalue weighted by Crippen LogP contribution is -2.49. The Bertz CT molecular complexity index is 984. The standard InChI is InChI=1S/C26H33N3O3/c1-25(2,3)21-10-8-19(9-11-21)18-27-24(30)29-14-12-26(13-15-29)17-23(28-32-26)20-6-5-7-22(16-20)31-4/h5-11,16H,12-15,17-18H2,1-4H3,(H,27,30). The molecule has 2 aromatic carbocycles. The van der Waals surface area contributed by atoms with Crippen LogP contribution in [-0.2, 0) is 16.8 Å². The Balaban J connectivity index is 1.27. The number of rotatable bonds is 4. The number of carbonyl (C=O) groups is 1. The maximum Gasteiger partial charge on any atom is 0.317 e. The van der Waals surface area contributed by atoms with Crippen LogP contribution in [0.5, 0.6) is 5.75 Å². The molecule has 0 saturated carbocycles. The van der Waals surface area contributed by atoms with Gasteiger partial charge in [-0.3, -0.25) is 0 Å². The van der Waals surface area contributed by atoms with Gasteiger partial charge in [-0.15, -0.1) is 0 Å². The maximum atomic E-state index is 12.7. The summed E-state index contributed by atoms with van der Waals surface area (Å²) in [5, 5.41) is 7.43. The predicted octanol–water partition coefficient (Wildman–Crippen LogP) is 4.86. The van der Waals surface area contributed by atoms with Crippen molar-refractivity contribution >= 4 is 11.7 Å². The molecule has 2 aliphatic rings. The monoisotopic (exact) mass is 435 g/mol. The van der Waals surface area contributed by atoms with Gasteiger partial charge < -0.3 is 19.8 Å². The van der Waals surface area contributed by atoms with Crippen molar-refractivity contribution in [3.05, 3.63) is 65.2 Å². The van der Waals surface area contributed by atoms with Crippen LogP contribution in [0.25, 0.3) is 0 Å². The molecule has 4 rings (SSSR count). The van der Waals surface area contributed by atoms with Gasteiger partial charge >= 0.3 is 6.03 Å². The zero-order chi connectivity index (χ0) is 22.8. The van der Waals surface area contributed by atoms with Crippen molar-refractivity contribution in [3.8, 4) is 5.75 Å². The van der Waals surface area contributed by atoms with Gasteiger partial charge in [-0.25, -0.2) is 4.79 Å². The first-order valence-corrected chi connectivity index (χ1v) is 11.3. The van der Waals surface area contributed by atoms with Crippen molar-refractivity contribution in [2.45, 2.75) is 57.6 Å². The lowest BCUT2D eigenvalue weighted by Gasteiger charge is -2.37. The Labute approximate surface area is 190 Å². The van der Waals surface area contributed by atoms with Gasteiger partial charge in [-0.1, -0.05) is 62.3 Å². The van der Waals surface area contributed by atoms with E-state index in [1.807, 2.05) is 29.2 Å². The van der Waals surface area contributed by atoms with Crippen LogP contribution in [0.2, 0.25) is 0 Å². The molecule has 32 heavy (non-hydrogen) atoms. The highest BCUT2D eigenvalue weighted by Gasteiger charge is 2.43. The van der Waals surface area contributed by atoms with Crippen LogP contribution in [0.15, 0.2) is 53.7 Å². The van der Waals surface area contributed by atoms with Gasteiger partial charge in [0, 0.05) is 44.5 Å². The van der Waals surface area contributed by atoms with E-state index in [0.29, 0.717) is 19.6 Å².